The number of halogens is 1. The third-order valence-corrected chi connectivity index (χ3v) is 3.63. The predicted octanol–water partition coefficient (Wildman–Crippen LogP) is 2.54. The second kappa shape index (κ2) is 6.64. The molecule has 0 spiro atoms. The summed E-state index contributed by atoms with van der Waals surface area (Å²) in [6.07, 6.45) is 1.27. The minimum atomic E-state index is -0.509. The molecule has 1 aromatic heterocycles. The second-order valence-corrected chi connectivity index (χ2v) is 7.04. The highest BCUT2D eigenvalue weighted by atomic mass is 79.9. The number of carbonyl (C=O) groups is 2. The summed E-state index contributed by atoms with van der Waals surface area (Å²) in [6.45, 7) is 7.41. The van der Waals surface area contributed by atoms with Crippen molar-refractivity contribution in [2.75, 3.05) is 26.2 Å². The van der Waals surface area contributed by atoms with E-state index in [9.17, 15) is 9.59 Å². The standard InChI is InChI=1S/C15H20BrN3O3/c1-15(2,3)22-14(21)19-8-6-18(7-9-19)13(20)12-5-4-11(16)10-17-12/h4-5,10H,6-9H2,1-3H3. The van der Waals surface area contributed by atoms with Crippen molar-refractivity contribution >= 4 is 27.9 Å². The molecule has 2 heterocycles. The van der Waals surface area contributed by atoms with Gasteiger partial charge in [0.1, 0.15) is 11.3 Å². The normalized spacial score (nSPS) is 15.6. The molecule has 0 bridgehead atoms. The van der Waals surface area contributed by atoms with Gasteiger partial charge >= 0.3 is 6.09 Å². The molecule has 0 atom stereocenters. The number of ether oxygens (including phenoxy) is 1. The molecule has 6 nitrogen and oxygen atoms in total. The highest BCUT2D eigenvalue weighted by Gasteiger charge is 2.28. The molecule has 0 N–H and O–H groups in total. The number of pyridine rings is 1. The molecule has 22 heavy (non-hydrogen) atoms. The first-order valence-corrected chi connectivity index (χ1v) is 7.94. The van der Waals surface area contributed by atoms with Gasteiger partial charge in [0.05, 0.1) is 0 Å². The van der Waals surface area contributed by atoms with E-state index in [1.807, 2.05) is 20.8 Å². The summed E-state index contributed by atoms with van der Waals surface area (Å²) < 4.78 is 6.17. The van der Waals surface area contributed by atoms with Gasteiger partial charge in [-0.25, -0.2) is 9.78 Å². The van der Waals surface area contributed by atoms with Crippen LogP contribution in [0.1, 0.15) is 31.3 Å². The quantitative estimate of drug-likeness (QED) is 0.762. The molecule has 0 aliphatic carbocycles. The van der Waals surface area contributed by atoms with Gasteiger partial charge in [-0.3, -0.25) is 4.79 Å². The van der Waals surface area contributed by atoms with Gasteiger partial charge in [-0.1, -0.05) is 0 Å². The Morgan fingerprint density at radius 2 is 1.73 bits per heavy atom. The second-order valence-electron chi connectivity index (χ2n) is 6.12. The Morgan fingerprint density at radius 1 is 1.14 bits per heavy atom. The molecule has 1 aliphatic heterocycles. The molecule has 7 heteroatoms. The summed E-state index contributed by atoms with van der Waals surface area (Å²) >= 11 is 3.29. The van der Waals surface area contributed by atoms with Gasteiger partial charge in [0.2, 0.25) is 0 Å². The van der Waals surface area contributed by atoms with E-state index in [4.69, 9.17) is 4.74 Å². The third kappa shape index (κ3) is 4.43. The average molecular weight is 370 g/mol. The average Bonchev–Trinajstić information content (AvgIpc) is 2.46. The SMILES string of the molecule is CC(C)(C)OC(=O)N1CCN(C(=O)c2ccc(Br)cn2)CC1. The van der Waals surface area contributed by atoms with Crippen LogP contribution in [0.5, 0.6) is 0 Å². The molecule has 2 rings (SSSR count). The fourth-order valence-corrected chi connectivity index (χ4v) is 2.32. The van der Waals surface area contributed by atoms with Crippen molar-refractivity contribution in [2.24, 2.45) is 0 Å². The van der Waals surface area contributed by atoms with Gasteiger partial charge in [-0.05, 0) is 48.8 Å². The van der Waals surface area contributed by atoms with Crippen molar-refractivity contribution in [3.8, 4) is 0 Å². The predicted molar refractivity (Wildman–Crippen MR) is 85.6 cm³/mol. The van der Waals surface area contributed by atoms with Crippen LogP contribution in [0.3, 0.4) is 0 Å². The van der Waals surface area contributed by atoms with E-state index in [1.165, 1.54) is 0 Å². The van der Waals surface area contributed by atoms with Gasteiger partial charge in [0, 0.05) is 36.8 Å². The van der Waals surface area contributed by atoms with Crippen molar-refractivity contribution in [3.63, 3.8) is 0 Å². The molecule has 1 aromatic rings. The lowest BCUT2D eigenvalue weighted by Crippen LogP contribution is -2.51. The highest BCUT2D eigenvalue weighted by Crippen LogP contribution is 2.14. The van der Waals surface area contributed by atoms with E-state index in [-0.39, 0.29) is 12.0 Å². The van der Waals surface area contributed by atoms with E-state index >= 15 is 0 Å². The maximum Gasteiger partial charge on any atom is 0.410 e. The fraction of sp³-hybridized carbons (Fsp3) is 0.533. The van der Waals surface area contributed by atoms with Crippen molar-refractivity contribution in [2.45, 2.75) is 26.4 Å². The smallest absolute Gasteiger partial charge is 0.410 e. The van der Waals surface area contributed by atoms with E-state index < -0.39 is 5.60 Å². The van der Waals surface area contributed by atoms with E-state index in [0.717, 1.165) is 4.47 Å². The van der Waals surface area contributed by atoms with Crippen molar-refractivity contribution in [1.29, 1.82) is 0 Å². The number of piperazine rings is 1. The first kappa shape index (κ1) is 16.7. The molecule has 1 saturated heterocycles. The van der Waals surface area contributed by atoms with Crippen molar-refractivity contribution in [3.05, 3.63) is 28.5 Å². The van der Waals surface area contributed by atoms with E-state index in [2.05, 4.69) is 20.9 Å². The molecule has 2 amide bonds. The summed E-state index contributed by atoms with van der Waals surface area (Å²) in [5.74, 6) is -0.115. The summed E-state index contributed by atoms with van der Waals surface area (Å²) in [4.78, 5) is 31.8. The third-order valence-electron chi connectivity index (χ3n) is 3.17. The lowest BCUT2D eigenvalue weighted by Gasteiger charge is -2.35. The van der Waals surface area contributed by atoms with E-state index in [1.54, 1.807) is 28.1 Å². The summed E-state index contributed by atoms with van der Waals surface area (Å²) in [5.41, 5.74) is -0.0975. The Balaban J connectivity index is 1.90. The number of nitrogens with zero attached hydrogens (tertiary/aromatic N) is 3. The maximum absolute atomic E-state index is 12.3. The first-order chi connectivity index (χ1) is 10.3. The topological polar surface area (TPSA) is 62.7 Å². The number of hydrogen-bond donors (Lipinski definition) is 0. The largest absolute Gasteiger partial charge is 0.444 e. The lowest BCUT2D eigenvalue weighted by atomic mass is 10.2. The minimum Gasteiger partial charge on any atom is -0.444 e. The van der Waals surface area contributed by atoms with Crippen LogP contribution in [-0.4, -0.2) is 58.6 Å². The highest BCUT2D eigenvalue weighted by molar-refractivity contribution is 9.10. The molecular weight excluding hydrogens is 350 g/mol. The van der Waals surface area contributed by atoms with Crippen LogP contribution in [-0.2, 0) is 4.74 Å². The van der Waals surface area contributed by atoms with Crippen LogP contribution in [0.4, 0.5) is 4.79 Å². The zero-order valence-corrected chi connectivity index (χ0v) is 14.6. The van der Waals surface area contributed by atoms with Gasteiger partial charge < -0.3 is 14.5 Å². The van der Waals surface area contributed by atoms with Crippen LogP contribution < -0.4 is 0 Å². The zero-order chi connectivity index (χ0) is 16.3. The maximum atomic E-state index is 12.3. The molecular formula is C15H20BrN3O3. The summed E-state index contributed by atoms with van der Waals surface area (Å²) in [7, 11) is 0. The summed E-state index contributed by atoms with van der Waals surface area (Å²) in [6, 6.07) is 3.48. The van der Waals surface area contributed by atoms with Crippen LogP contribution in [0.2, 0.25) is 0 Å². The molecule has 0 unspecified atom stereocenters. The summed E-state index contributed by atoms with van der Waals surface area (Å²) in [5, 5.41) is 0. The monoisotopic (exact) mass is 369 g/mol. The molecule has 0 radical (unpaired) electrons. The Kier molecular flexibility index (Phi) is 5.05. The zero-order valence-electron chi connectivity index (χ0n) is 13.0. The van der Waals surface area contributed by atoms with Gasteiger partial charge in [0.25, 0.3) is 5.91 Å². The number of carbonyl (C=O) groups excluding carboxylic acids is 2. The van der Waals surface area contributed by atoms with Crippen molar-refractivity contribution < 1.29 is 14.3 Å². The van der Waals surface area contributed by atoms with Crippen molar-refractivity contribution in [1.82, 2.24) is 14.8 Å². The van der Waals surface area contributed by atoms with Crippen LogP contribution in [0.15, 0.2) is 22.8 Å². The van der Waals surface area contributed by atoms with Crippen LogP contribution >= 0.6 is 15.9 Å². The molecule has 1 aliphatic rings. The number of aromatic nitrogens is 1. The molecule has 0 aromatic carbocycles. The Bertz CT molecular complexity index is 546. The fourth-order valence-electron chi connectivity index (χ4n) is 2.08. The number of hydrogen-bond acceptors (Lipinski definition) is 4. The van der Waals surface area contributed by atoms with Gasteiger partial charge in [-0.15, -0.1) is 0 Å². The Labute approximate surface area is 138 Å². The Morgan fingerprint density at radius 3 is 2.23 bits per heavy atom. The minimum absolute atomic E-state index is 0.115. The number of amides is 2. The lowest BCUT2D eigenvalue weighted by molar-refractivity contribution is 0.0140. The Hall–Kier alpha value is -1.63. The van der Waals surface area contributed by atoms with Gasteiger partial charge in [0.15, 0.2) is 0 Å². The molecule has 1 fully saturated rings. The van der Waals surface area contributed by atoms with Crippen LogP contribution in [0, 0.1) is 0 Å². The van der Waals surface area contributed by atoms with Gasteiger partial charge in [-0.2, -0.15) is 0 Å². The number of rotatable bonds is 1. The van der Waals surface area contributed by atoms with Crippen LogP contribution in [0.25, 0.3) is 0 Å². The first-order valence-electron chi connectivity index (χ1n) is 7.15. The molecule has 120 valence electrons. The van der Waals surface area contributed by atoms with E-state index in [0.29, 0.717) is 31.9 Å². The molecule has 0 saturated carbocycles.